The Kier molecular flexibility index (Phi) is 7.18. The second kappa shape index (κ2) is 8.69. The van der Waals surface area contributed by atoms with Crippen molar-refractivity contribution in [2.75, 3.05) is 30.8 Å². The van der Waals surface area contributed by atoms with Crippen molar-refractivity contribution in [1.82, 2.24) is 9.97 Å². The minimum Gasteiger partial charge on any atom is -0.384 e. The van der Waals surface area contributed by atoms with Gasteiger partial charge in [0.2, 0.25) is 0 Å². The van der Waals surface area contributed by atoms with E-state index >= 15 is 0 Å². The Morgan fingerprint density at radius 3 is 2.79 bits per heavy atom. The van der Waals surface area contributed by atoms with Crippen LogP contribution in [-0.4, -0.2) is 29.7 Å². The predicted molar refractivity (Wildman–Crippen MR) is 79.2 cm³/mol. The van der Waals surface area contributed by atoms with Gasteiger partial charge in [-0.2, -0.15) is 0 Å². The summed E-state index contributed by atoms with van der Waals surface area (Å²) in [6, 6.07) is 1.76. The summed E-state index contributed by atoms with van der Waals surface area (Å²) in [7, 11) is 0. The molecular weight excluding hydrogens is 240 g/mol. The molecule has 0 aliphatic carbocycles. The molecule has 0 spiro atoms. The molecule has 0 aromatic carbocycles. The normalized spacial score (nSPS) is 10.9. The summed E-state index contributed by atoms with van der Waals surface area (Å²) in [4.78, 5) is 8.61. The Labute approximate surface area is 116 Å². The van der Waals surface area contributed by atoms with Crippen molar-refractivity contribution >= 4 is 11.6 Å². The second-order valence-corrected chi connectivity index (χ2v) is 5.07. The van der Waals surface area contributed by atoms with Crippen LogP contribution in [0.1, 0.15) is 39.4 Å². The first kappa shape index (κ1) is 15.7. The lowest BCUT2D eigenvalue weighted by molar-refractivity contribution is 0.132. The Morgan fingerprint density at radius 2 is 2.11 bits per heavy atom. The molecular formula is C14H26N4O. The van der Waals surface area contributed by atoms with E-state index in [9.17, 15) is 0 Å². The van der Waals surface area contributed by atoms with Gasteiger partial charge in [0.25, 0.3) is 0 Å². The fraction of sp³-hybridized carbons (Fsp3) is 0.714. The lowest BCUT2D eigenvalue weighted by Crippen LogP contribution is -2.13. The van der Waals surface area contributed by atoms with Crippen molar-refractivity contribution in [3.8, 4) is 0 Å². The Hall–Kier alpha value is -1.36. The molecule has 0 saturated carbocycles. The fourth-order valence-electron chi connectivity index (χ4n) is 1.62. The average molecular weight is 266 g/mol. The Bertz CT molecular complexity index is 368. The summed E-state index contributed by atoms with van der Waals surface area (Å²) in [5, 5.41) is 3.22. The Morgan fingerprint density at radius 1 is 1.32 bits per heavy atom. The van der Waals surface area contributed by atoms with Gasteiger partial charge < -0.3 is 15.8 Å². The van der Waals surface area contributed by atoms with Crippen LogP contribution >= 0.6 is 0 Å². The number of nitrogens with one attached hydrogen (secondary N) is 1. The minimum absolute atomic E-state index is 0.515. The number of aromatic nitrogens is 2. The van der Waals surface area contributed by atoms with Gasteiger partial charge in [0.15, 0.2) is 0 Å². The van der Waals surface area contributed by atoms with E-state index in [1.54, 1.807) is 6.07 Å². The maximum absolute atomic E-state index is 5.75. The maximum atomic E-state index is 5.75. The van der Waals surface area contributed by atoms with Crippen LogP contribution < -0.4 is 11.1 Å². The molecule has 0 fully saturated rings. The summed E-state index contributed by atoms with van der Waals surface area (Å²) in [5.74, 6) is 2.78. The standard InChI is InChI=1S/C14H26N4O/c1-4-5-13-17-12(15)10-14(18-13)16-7-9-19-8-6-11(2)3/h10-11H,4-9H2,1-3H3,(H3,15,16,17,18). The second-order valence-electron chi connectivity index (χ2n) is 5.07. The van der Waals surface area contributed by atoms with Crippen LogP contribution in [0.3, 0.4) is 0 Å². The summed E-state index contributed by atoms with van der Waals surface area (Å²) in [5.41, 5.74) is 5.75. The highest BCUT2D eigenvalue weighted by molar-refractivity contribution is 5.44. The van der Waals surface area contributed by atoms with E-state index in [4.69, 9.17) is 10.5 Å². The van der Waals surface area contributed by atoms with Gasteiger partial charge >= 0.3 is 0 Å². The number of hydrogen-bond acceptors (Lipinski definition) is 5. The van der Waals surface area contributed by atoms with Gasteiger partial charge in [0.05, 0.1) is 6.61 Å². The van der Waals surface area contributed by atoms with Crippen LogP contribution in [0.15, 0.2) is 6.07 Å². The molecule has 0 aliphatic rings. The van der Waals surface area contributed by atoms with Crippen molar-refractivity contribution < 1.29 is 4.74 Å². The van der Waals surface area contributed by atoms with Crippen LogP contribution in [0.5, 0.6) is 0 Å². The van der Waals surface area contributed by atoms with Crippen LogP contribution in [-0.2, 0) is 11.2 Å². The van der Waals surface area contributed by atoms with Crippen molar-refractivity contribution in [3.63, 3.8) is 0 Å². The van der Waals surface area contributed by atoms with Crippen molar-refractivity contribution in [3.05, 3.63) is 11.9 Å². The van der Waals surface area contributed by atoms with Crippen LogP contribution in [0.4, 0.5) is 11.6 Å². The predicted octanol–water partition coefficient (Wildman–Crippen LogP) is 2.49. The Balaban J connectivity index is 2.28. The third-order valence-electron chi connectivity index (χ3n) is 2.66. The highest BCUT2D eigenvalue weighted by Crippen LogP contribution is 2.09. The highest BCUT2D eigenvalue weighted by Gasteiger charge is 2.01. The number of ether oxygens (including phenoxy) is 1. The molecule has 0 aliphatic heterocycles. The number of anilines is 2. The van der Waals surface area contributed by atoms with Crippen LogP contribution in [0, 0.1) is 5.92 Å². The average Bonchev–Trinajstić information content (AvgIpc) is 2.33. The third kappa shape index (κ3) is 6.96. The molecule has 0 amide bonds. The third-order valence-corrected chi connectivity index (χ3v) is 2.66. The van der Waals surface area contributed by atoms with Crippen LogP contribution in [0.2, 0.25) is 0 Å². The van der Waals surface area contributed by atoms with Gasteiger partial charge in [-0.3, -0.25) is 0 Å². The SMILES string of the molecule is CCCc1nc(N)cc(NCCOCCC(C)C)n1. The quantitative estimate of drug-likeness (QED) is 0.672. The number of nitrogens with two attached hydrogens (primary N) is 1. The number of nitrogen functional groups attached to an aromatic ring is 1. The van der Waals surface area contributed by atoms with E-state index in [0.717, 1.165) is 44.1 Å². The highest BCUT2D eigenvalue weighted by atomic mass is 16.5. The first-order valence-corrected chi connectivity index (χ1v) is 7.06. The zero-order chi connectivity index (χ0) is 14.1. The monoisotopic (exact) mass is 266 g/mol. The fourth-order valence-corrected chi connectivity index (χ4v) is 1.62. The zero-order valence-electron chi connectivity index (χ0n) is 12.3. The van der Waals surface area contributed by atoms with Gasteiger partial charge in [0, 0.05) is 25.6 Å². The molecule has 0 bridgehead atoms. The van der Waals surface area contributed by atoms with Crippen molar-refractivity contribution in [2.45, 2.75) is 40.0 Å². The van der Waals surface area contributed by atoms with E-state index in [1.807, 2.05) is 0 Å². The first-order valence-electron chi connectivity index (χ1n) is 7.06. The molecule has 1 rings (SSSR count). The van der Waals surface area contributed by atoms with Gasteiger partial charge in [-0.1, -0.05) is 20.8 Å². The van der Waals surface area contributed by atoms with E-state index in [0.29, 0.717) is 18.3 Å². The molecule has 5 heteroatoms. The van der Waals surface area contributed by atoms with Gasteiger partial charge in [-0.25, -0.2) is 9.97 Å². The molecule has 0 atom stereocenters. The molecule has 3 N–H and O–H groups in total. The largest absolute Gasteiger partial charge is 0.384 e. The van der Waals surface area contributed by atoms with Crippen LogP contribution in [0.25, 0.3) is 0 Å². The van der Waals surface area contributed by atoms with E-state index in [2.05, 4.69) is 36.1 Å². The lowest BCUT2D eigenvalue weighted by Gasteiger charge is -2.09. The van der Waals surface area contributed by atoms with E-state index in [1.165, 1.54) is 0 Å². The first-order chi connectivity index (χ1) is 9.11. The van der Waals surface area contributed by atoms with Gasteiger partial charge in [-0.15, -0.1) is 0 Å². The molecule has 0 radical (unpaired) electrons. The summed E-state index contributed by atoms with van der Waals surface area (Å²) in [6.45, 7) is 8.72. The molecule has 108 valence electrons. The van der Waals surface area contributed by atoms with Gasteiger partial charge in [0.1, 0.15) is 17.5 Å². The molecule has 1 aromatic rings. The topological polar surface area (TPSA) is 73.1 Å². The summed E-state index contributed by atoms with van der Waals surface area (Å²) >= 11 is 0. The van der Waals surface area contributed by atoms with E-state index < -0.39 is 0 Å². The summed E-state index contributed by atoms with van der Waals surface area (Å²) < 4.78 is 5.54. The minimum atomic E-state index is 0.515. The van der Waals surface area contributed by atoms with Gasteiger partial charge in [-0.05, 0) is 18.8 Å². The molecule has 1 aromatic heterocycles. The van der Waals surface area contributed by atoms with Crippen molar-refractivity contribution in [1.29, 1.82) is 0 Å². The molecule has 0 unspecified atom stereocenters. The smallest absolute Gasteiger partial charge is 0.133 e. The molecule has 5 nitrogen and oxygen atoms in total. The number of hydrogen-bond donors (Lipinski definition) is 2. The summed E-state index contributed by atoms with van der Waals surface area (Å²) in [6.07, 6.45) is 2.97. The zero-order valence-corrected chi connectivity index (χ0v) is 12.3. The maximum Gasteiger partial charge on any atom is 0.133 e. The molecule has 19 heavy (non-hydrogen) atoms. The molecule has 1 heterocycles. The number of aryl methyl sites for hydroxylation is 1. The number of rotatable bonds is 9. The molecule has 0 saturated heterocycles. The number of nitrogens with zero attached hydrogens (tertiary/aromatic N) is 2. The van der Waals surface area contributed by atoms with E-state index in [-0.39, 0.29) is 0 Å². The lowest BCUT2D eigenvalue weighted by atomic mass is 10.1. The van der Waals surface area contributed by atoms with Crippen molar-refractivity contribution in [2.24, 2.45) is 5.92 Å².